The summed E-state index contributed by atoms with van der Waals surface area (Å²) in [5.74, 6) is -1.83. The molecule has 1 aliphatic rings. The SMILES string of the molecule is CC(C)CC(NC(=O)CNC(=O)[C@@H]1CCN1c1ncc(F)cn1)B(O)O. The molecule has 0 spiro atoms. The van der Waals surface area contributed by atoms with Gasteiger partial charge in [-0.2, -0.15) is 0 Å². The second kappa shape index (κ2) is 8.90. The standard InChI is InChI=1S/C15H23BFN5O4/c1-9(2)5-12(16(25)26)21-13(23)8-18-14(24)11-3-4-22(11)15-19-6-10(17)7-20-15/h6-7,9,11-12,25-26H,3-5,8H2,1-2H3,(H,18,24)(H,21,23)/t11-,12?/m0/s1. The lowest BCUT2D eigenvalue weighted by molar-refractivity contribution is -0.127. The van der Waals surface area contributed by atoms with Crippen LogP contribution >= 0.6 is 0 Å². The van der Waals surface area contributed by atoms with Crippen molar-refractivity contribution < 1.29 is 24.0 Å². The summed E-state index contributed by atoms with van der Waals surface area (Å²) in [5.41, 5.74) is 0. The summed E-state index contributed by atoms with van der Waals surface area (Å²) in [6, 6.07) is -0.525. The smallest absolute Gasteiger partial charge is 0.426 e. The molecule has 1 aromatic rings. The first-order valence-electron chi connectivity index (χ1n) is 8.45. The average molecular weight is 367 g/mol. The van der Waals surface area contributed by atoms with Gasteiger partial charge in [-0.15, -0.1) is 0 Å². The fourth-order valence-electron chi connectivity index (χ4n) is 2.66. The molecule has 2 atom stereocenters. The molecule has 0 aromatic carbocycles. The topological polar surface area (TPSA) is 128 Å². The van der Waals surface area contributed by atoms with E-state index in [1.54, 1.807) is 4.90 Å². The van der Waals surface area contributed by atoms with Crippen LogP contribution in [0, 0.1) is 11.7 Å². The molecule has 0 radical (unpaired) electrons. The van der Waals surface area contributed by atoms with Crippen molar-refractivity contribution in [3.8, 4) is 0 Å². The second-order valence-electron chi connectivity index (χ2n) is 6.63. The van der Waals surface area contributed by atoms with E-state index in [4.69, 9.17) is 0 Å². The molecule has 1 aliphatic heterocycles. The van der Waals surface area contributed by atoms with Crippen LogP contribution in [0.25, 0.3) is 0 Å². The predicted octanol–water partition coefficient (Wildman–Crippen LogP) is -1.15. The minimum atomic E-state index is -1.67. The highest BCUT2D eigenvalue weighted by atomic mass is 19.1. The van der Waals surface area contributed by atoms with Gasteiger partial charge in [0.05, 0.1) is 24.9 Å². The van der Waals surface area contributed by atoms with Crippen molar-refractivity contribution in [1.29, 1.82) is 0 Å². The number of halogens is 1. The highest BCUT2D eigenvalue weighted by molar-refractivity contribution is 6.43. The van der Waals surface area contributed by atoms with E-state index in [9.17, 15) is 24.0 Å². The van der Waals surface area contributed by atoms with Gasteiger partial charge in [-0.05, 0) is 18.8 Å². The molecule has 1 unspecified atom stereocenters. The van der Waals surface area contributed by atoms with Crippen LogP contribution < -0.4 is 15.5 Å². The first-order chi connectivity index (χ1) is 12.3. The van der Waals surface area contributed by atoms with E-state index in [1.165, 1.54) is 0 Å². The van der Waals surface area contributed by atoms with Gasteiger partial charge in [0.1, 0.15) is 6.04 Å². The summed E-state index contributed by atoms with van der Waals surface area (Å²) in [6.45, 7) is 4.07. The van der Waals surface area contributed by atoms with Crippen LogP contribution in [-0.4, -0.2) is 64.0 Å². The van der Waals surface area contributed by atoms with Crippen LogP contribution in [0.1, 0.15) is 26.7 Å². The van der Waals surface area contributed by atoms with Crippen molar-refractivity contribution in [3.63, 3.8) is 0 Å². The molecule has 26 heavy (non-hydrogen) atoms. The zero-order chi connectivity index (χ0) is 19.3. The zero-order valence-corrected chi connectivity index (χ0v) is 14.7. The van der Waals surface area contributed by atoms with Crippen LogP contribution in [0.2, 0.25) is 0 Å². The van der Waals surface area contributed by atoms with Crippen molar-refractivity contribution in [2.75, 3.05) is 18.0 Å². The van der Waals surface area contributed by atoms with E-state index in [2.05, 4.69) is 20.6 Å². The summed E-state index contributed by atoms with van der Waals surface area (Å²) < 4.78 is 12.9. The van der Waals surface area contributed by atoms with E-state index in [0.717, 1.165) is 12.4 Å². The van der Waals surface area contributed by atoms with Crippen LogP contribution in [0.4, 0.5) is 10.3 Å². The monoisotopic (exact) mass is 367 g/mol. The van der Waals surface area contributed by atoms with Crippen molar-refractivity contribution in [2.45, 2.75) is 38.7 Å². The Hall–Kier alpha value is -2.27. The Balaban J connectivity index is 1.82. The van der Waals surface area contributed by atoms with Crippen LogP contribution in [0.15, 0.2) is 12.4 Å². The average Bonchev–Trinajstić information content (AvgIpc) is 2.53. The molecule has 1 fully saturated rings. The number of hydrogen-bond acceptors (Lipinski definition) is 7. The first-order valence-corrected chi connectivity index (χ1v) is 8.45. The van der Waals surface area contributed by atoms with Crippen LogP contribution in [0.5, 0.6) is 0 Å². The molecule has 0 aliphatic carbocycles. The van der Waals surface area contributed by atoms with E-state index in [1.807, 2.05) is 13.8 Å². The molecular weight excluding hydrogens is 344 g/mol. The molecule has 1 saturated heterocycles. The number of carbonyl (C=O) groups excluding carboxylic acids is 2. The van der Waals surface area contributed by atoms with Crippen molar-refractivity contribution in [2.24, 2.45) is 5.92 Å². The van der Waals surface area contributed by atoms with Crippen molar-refractivity contribution in [1.82, 2.24) is 20.6 Å². The lowest BCUT2D eigenvalue weighted by Crippen LogP contribution is -2.58. The molecular formula is C15H23BFN5O4. The number of amides is 2. The second-order valence-corrected chi connectivity index (χ2v) is 6.63. The summed E-state index contributed by atoms with van der Waals surface area (Å²) in [6.07, 6.45) is 3.02. The van der Waals surface area contributed by atoms with Crippen molar-refractivity contribution in [3.05, 3.63) is 18.2 Å². The number of carbonyl (C=O) groups is 2. The number of nitrogens with zero attached hydrogens (tertiary/aromatic N) is 3. The van der Waals surface area contributed by atoms with E-state index < -0.39 is 30.8 Å². The Labute approximate surface area is 151 Å². The number of hydrogen-bond donors (Lipinski definition) is 4. The van der Waals surface area contributed by atoms with Gasteiger partial charge in [-0.1, -0.05) is 13.8 Å². The van der Waals surface area contributed by atoms with Crippen molar-refractivity contribution >= 4 is 24.9 Å². The lowest BCUT2D eigenvalue weighted by atomic mass is 9.75. The molecule has 142 valence electrons. The fraction of sp³-hybridized carbons (Fsp3) is 0.600. The van der Waals surface area contributed by atoms with Gasteiger partial charge in [0.25, 0.3) is 0 Å². The number of nitrogens with one attached hydrogen (secondary N) is 2. The zero-order valence-electron chi connectivity index (χ0n) is 14.7. The molecule has 1 aromatic heterocycles. The maximum Gasteiger partial charge on any atom is 0.475 e. The molecule has 0 saturated carbocycles. The summed E-state index contributed by atoms with van der Waals surface area (Å²) in [4.78, 5) is 33.4. The van der Waals surface area contributed by atoms with Gasteiger partial charge in [0.15, 0.2) is 5.82 Å². The fourth-order valence-corrected chi connectivity index (χ4v) is 2.66. The molecule has 2 rings (SSSR count). The minimum absolute atomic E-state index is 0.163. The van der Waals surface area contributed by atoms with Crippen LogP contribution in [-0.2, 0) is 9.59 Å². The minimum Gasteiger partial charge on any atom is -0.426 e. The largest absolute Gasteiger partial charge is 0.475 e. The molecule has 0 bridgehead atoms. The maximum absolute atomic E-state index is 12.9. The summed E-state index contributed by atoms with van der Waals surface area (Å²) >= 11 is 0. The molecule has 2 heterocycles. The first kappa shape index (κ1) is 20.1. The number of rotatable bonds is 8. The normalized spacial score (nSPS) is 17.5. The van der Waals surface area contributed by atoms with Gasteiger partial charge in [-0.3, -0.25) is 9.59 Å². The summed E-state index contributed by atoms with van der Waals surface area (Å²) in [5, 5.41) is 23.6. The maximum atomic E-state index is 12.9. The predicted molar refractivity (Wildman–Crippen MR) is 92.3 cm³/mol. The highest BCUT2D eigenvalue weighted by Gasteiger charge is 2.36. The van der Waals surface area contributed by atoms with E-state index in [-0.39, 0.29) is 24.3 Å². The summed E-state index contributed by atoms with van der Waals surface area (Å²) in [7, 11) is -1.67. The molecule has 9 nitrogen and oxygen atoms in total. The van der Waals surface area contributed by atoms with Gasteiger partial charge in [0, 0.05) is 6.54 Å². The van der Waals surface area contributed by atoms with Gasteiger partial charge < -0.3 is 25.6 Å². The quantitative estimate of drug-likeness (QED) is 0.428. The number of aromatic nitrogens is 2. The highest BCUT2D eigenvalue weighted by Crippen LogP contribution is 2.22. The third-order valence-corrected chi connectivity index (χ3v) is 4.04. The third kappa shape index (κ3) is 5.36. The Kier molecular flexibility index (Phi) is 6.87. The molecule has 11 heteroatoms. The van der Waals surface area contributed by atoms with Gasteiger partial charge in [-0.25, -0.2) is 14.4 Å². The van der Waals surface area contributed by atoms with E-state index in [0.29, 0.717) is 19.4 Å². The Morgan fingerprint density at radius 2 is 2.04 bits per heavy atom. The van der Waals surface area contributed by atoms with Crippen LogP contribution in [0.3, 0.4) is 0 Å². The Bertz CT molecular complexity index is 631. The van der Waals surface area contributed by atoms with Gasteiger partial charge in [0.2, 0.25) is 17.8 Å². The molecule has 4 N–H and O–H groups in total. The lowest BCUT2D eigenvalue weighted by Gasteiger charge is -2.39. The Morgan fingerprint density at radius 3 is 2.54 bits per heavy atom. The Morgan fingerprint density at radius 1 is 1.38 bits per heavy atom. The molecule has 2 amide bonds. The van der Waals surface area contributed by atoms with E-state index >= 15 is 0 Å². The van der Waals surface area contributed by atoms with Gasteiger partial charge >= 0.3 is 7.12 Å². The number of anilines is 1. The third-order valence-electron chi connectivity index (χ3n) is 4.04.